The van der Waals surface area contributed by atoms with Gasteiger partial charge in [0.1, 0.15) is 0 Å². The van der Waals surface area contributed by atoms with Crippen LogP contribution in [0.3, 0.4) is 0 Å². The minimum absolute atomic E-state index is 0.120. The van der Waals surface area contributed by atoms with E-state index < -0.39 is 0 Å². The molecule has 2 unspecified atom stereocenters. The minimum Gasteiger partial charge on any atom is -0.325 e. The largest absolute Gasteiger partial charge is 0.325 e. The molecule has 1 aliphatic heterocycles. The molecular formula is C17H24N2O. The van der Waals surface area contributed by atoms with Crippen molar-refractivity contribution in [1.82, 2.24) is 4.90 Å². The molecule has 1 saturated heterocycles. The first-order valence-electron chi connectivity index (χ1n) is 7.79. The average molecular weight is 272 g/mol. The Kier molecular flexibility index (Phi) is 4.06. The lowest BCUT2D eigenvalue weighted by atomic mass is 9.82. The summed E-state index contributed by atoms with van der Waals surface area (Å²) in [6.07, 6.45) is 5.48. The second kappa shape index (κ2) is 5.96. The zero-order valence-electron chi connectivity index (χ0n) is 12.3. The first kappa shape index (κ1) is 13.6. The van der Waals surface area contributed by atoms with Crippen molar-refractivity contribution in [2.45, 2.75) is 32.6 Å². The van der Waals surface area contributed by atoms with E-state index in [0.29, 0.717) is 6.54 Å². The van der Waals surface area contributed by atoms with Crippen molar-refractivity contribution in [3.63, 3.8) is 0 Å². The molecule has 2 atom stereocenters. The second-order valence-electron chi connectivity index (χ2n) is 6.42. The van der Waals surface area contributed by atoms with Crippen molar-refractivity contribution in [2.24, 2.45) is 11.8 Å². The van der Waals surface area contributed by atoms with Crippen LogP contribution >= 0.6 is 0 Å². The first-order valence-corrected chi connectivity index (χ1v) is 7.79. The van der Waals surface area contributed by atoms with Gasteiger partial charge in [0.2, 0.25) is 5.91 Å². The van der Waals surface area contributed by atoms with Crippen molar-refractivity contribution >= 4 is 11.6 Å². The molecule has 0 radical (unpaired) electrons. The van der Waals surface area contributed by atoms with E-state index >= 15 is 0 Å². The number of amides is 1. The highest BCUT2D eigenvalue weighted by atomic mass is 16.2. The maximum absolute atomic E-state index is 12.1. The summed E-state index contributed by atoms with van der Waals surface area (Å²) < 4.78 is 0. The van der Waals surface area contributed by atoms with Crippen LogP contribution in [0.5, 0.6) is 0 Å². The number of likely N-dealkylation sites (tertiary alicyclic amines) is 1. The lowest BCUT2D eigenvalue weighted by Gasteiger charge is -2.23. The summed E-state index contributed by atoms with van der Waals surface area (Å²) in [4.78, 5) is 14.5. The summed E-state index contributed by atoms with van der Waals surface area (Å²) in [6, 6.07) is 7.99. The number of rotatable bonds is 3. The van der Waals surface area contributed by atoms with Crippen molar-refractivity contribution in [2.75, 3.05) is 25.0 Å². The van der Waals surface area contributed by atoms with Crippen LogP contribution in [0.1, 0.15) is 31.2 Å². The molecule has 1 saturated carbocycles. The molecule has 1 amide bonds. The van der Waals surface area contributed by atoms with Crippen molar-refractivity contribution < 1.29 is 4.79 Å². The smallest absolute Gasteiger partial charge is 0.238 e. The maximum Gasteiger partial charge on any atom is 0.238 e. The van der Waals surface area contributed by atoms with Crippen molar-refractivity contribution in [3.8, 4) is 0 Å². The molecule has 1 aliphatic carbocycles. The van der Waals surface area contributed by atoms with E-state index in [2.05, 4.69) is 10.2 Å². The van der Waals surface area contributed by atoms with Crippen LogP contribution < -0.4 is 5.32 Å². The molecule has 0 spiro atoms. The van der Waals surface area contributed by atoms with Gasteiger partial charge in [-0.1, -0.05) is 25.0 Å². The summed E-state index contributed by atoms with van der Waals surface area (Å²) in [6.45, 7) is 4.82. The number of fused-ring (bicyclic) bond motifs is 1. The van der Waals surface area contributed by atoms with Gasteiger partial charge in [-0.05, 0) is 49.3 Å². The predicted octanol–water partition coefficient (Wildman–Crippen LogP) is 3.06. The number of nitrogens with one attached hydrogen (secondary N) is 1. The third-order valence-electron chi connectivity index (χ3n) is 4.72. The maximum atomic E-state index is 12.1. The van der Waals surface area contributed by atoms with E-state index in [-0.39, 0.29) is 5.91 Å². The monoisotopic (exact) mass is 272 g/mol. The van der Waals surface area contributed by atoms with E-state index in [1.54, 1.807) is 0 Å². The molecular weight excluding hydrogens is 248 g/mol. The Morgan fingerprint density at radius 1 is 1.25 bits per heavy atom. The molecule has 1 aromatic carbocycles. The van der Waals surface area contributed by atoms with Gasteiger partial charge in [0.25, 0.3) is 0 Å². The van der Waals surface area contributed by atoms with Crippen LogP contribution in [-0.4, -0.2) is 30.4 Å². The number of hydrogen-bond donors (Lipinski definition) is 1. The van der Waals surface area contributed by atoms with Crippen molar-refractivity contribution in [1.29, 1.82) is 0 Å². The van der Waals surface area contributed by atoms with Gasteiger partial charge in [-0.15, -0.1) is 0 Å². The fourth-order valence-electron chi connectivity index (χ4n) is 3.76. The van der Waals surface area contributed by atoms with Gasteiger partial charge in [0.05, 0.1) is 6.54 Å². The molecule has 3 heteroatoms. The molecule has 0 aromatic heterocycles. The number of aryl methyl sites for hydroxylation is 1. The molecule has 2 fully saturated rings. The zero-order valence-corrected chi connectivity index (χ0v) is 12.3. The summed E-state index contributed by atoms with van der Waals surface area (Å²) in [7, 11) is 0. The van der Waals surface area contributed by atoms with Crippen LogP contribution in [0.15, 0.2) is 24.3 Å². The standard InChI is InChI=1S/C17H24N2O/c1-13-5-4-8-16(9-13)18-17(20)12-19-10-14-6-2-3-7-15(14)11-19/h4-5,8-9,14-15H,2-3,6-7,10-12H2,1H3,(H,18,20). The highest BCUT2D eigenvalue weighted by Crippen LogP contribution is 2.35. The molecule has 1 heterocycles. The van der Waals surface area contributed by atoms with E-state index in [4.69, 9.17) is 0 Å². The number of nitrogens with zero attached hydrogens (tertiary/aromatic N) is 1. The molecule has 3 rings (SSSR count). The Balaban J connectivity index is 1.52. The fourth-order valence-corrected chi connectivity index (χ4v) is 3.76. The minimum atomic E-state index is 0.120. The Morgan fingerprint density at radius 2 is 1.95 bits per heavy atom. The lowest BCUT2D eigenvalue weighted by Crippen LogP contribution is -2.31. The number of hydrogen-bond acceptors (Lipinski definition) is 2. The summed E-state index contributed by atoms with van der Waals surface area (Å²) >= 11 is 0. The van der Waals surface area contributed by atoms with Gasteiger partial charge in [-0.2, -0.15) is 0 Å². The van der Waals surface area contributed by atoms with E-state index in [0.717, 1.165) is 30.6 Å². The van der Waals surface area contributed by atoms with Gasteiger partial charge in [-0.3, -0.25) is 9.69 Å². The lowest BCUT2D eigenvalue weighted by molar-refractivity contribution is -0.117. The Hall–Kier alpha value is -1.35. The number of carbonyl (C=O) groups excluding carboxylic acids is 1. The van der Waals surface area contributed by atoms with Crippen LogP contribution in [0.4, 0.5) is 5.69 Å². The molecule has 0 bridgehead atoms. The van der Waals surface area contributed by atoms with Gasteiger partial charge in [0, 0.05) is 18.8 Å². The molecule has 3 nitrogen and oxygen atoms in total. The highest BCUT2D eigenvalue weighted by Gasteiger charge is 2.34. The van der Waals surface area contributed by atoms with Gasteiger partial charge >= 0.3 is 0 Å². The first-order chi connectivity index (χ1) is 9.70. The fraction of sp³-hybridized carbons (Fsp3) is 0.588. The average Bonchev–Trinajstić information content (AvgIpc) is 2.80. The van der Waals surface area contributed by atoms with Crippen LogP contribution in [0.25, 0.3) is 0 Å². The normalized spacial score (nSPS) is 26.2. The summed E-state index contributed by atoms with van der Waals surface area (Å²) in [5, 5.41) is 3.01. The Morgan fingerprint density at radius 3 is 2.60 bits per heavy atom. The summed E-state index contributed by atoms with van der Waals surface area (Å²) in [5.74, 6) is 1.81. The zero-order chi connectivity index (χ0) is 13.9. The SMILES string of the molecule is Cc1cccc(NC(=O)CN2CC3CCCCC3C2)c1. The Bertz CT molecular complexity index is 472. The van der Waals surface area contributed by atoms with Gasteiger partial charge in [0.15, 0.2) is 0 Å². The van der Waals surface area contributed by atoms with Gasteiger partial charge in [-0.25, -0.2) is 0 Å². The molecule has 2 aliphatic rings. The van der Waals surface area contributed by atoms with E-state index in [1.807, 2.05) is 31.2 Å². The molecule has 108 valence electrons. The number of benzene rings is 1. The van der Waals surface area contributed by atoms with Crippen LogP contribution in [-0.2, 0) is 4.79 Å². The van der Waals surface area contributed by atoms with Crippen LogP contribution in [0, 0.1) is 18.8 Å². The molecule has 1 N–H and O–H groups in total. The topological polar surface area (TPSA) is 32.3 Å². The van der Waals surface area contributed by atoms with Crippen molar-refractivity contribution in [3.05, 3.63) is 29.8 Å². The quantitative estimate of drug-likeness (QED) is 0.917. The predicted molar refractivity (Wildman–Crippen MR) is 81.7 cm³/mol. The molecule has 1 aromatic rings. The van der Waals surface area contributed by atoms with E-state index in [9.17, 15) is 4.79 Å². The van der Waals surface area contributed by atoms with Gasteiger partial charge < -0.3 is 5.32 Å². The summed E-state index contributed by atoms with van der Waals surface area (Å²) in [5.41, 5.74) is 2.08. The third-order valence-corrected chi connectivity index (χ3v) is 4.72. The van der Waals surface area contributed by atoms with E-state index in [1.165, 1.54) is 31.2 Å². The number of carbonyl (C=O) groups is 1. The second-order valence-corrected chi connectivity index (χ2v) is 6.42. The highest BCUT2D eigenvalue weighted by molar-refractivity contribution is 5.92. The third kappa shape index (κ3) is 3.21. The number of anilines is 1. The Labute approximate surface area is 121 Å². The molecule has 20 heavy (non-hydrogen) atoms. The van der Waals surface area contributed by atoms with Crippen LogP contribution in [0.2, 0.25) is 0 Å².